The Labute approximate surface area is 131 Å². The SMILES string of the molecule is CCN1CCN(S(=O)(=O)c2ccc(OC)c(CCl)c2)CC1. The highest BCUT2D eigenvalue weighted by Gasteiger charge is 2.28. The molecule has 0 N–H and O–H groups in total. The Morgan fingerprint density at radius 3 is 2.43 bits per heavy atom. The lowest BCUT2D eigenvalue weighted by atomic mass is 10.2. The minimum atomic E-state index is -3.46. The molecule has 1 heterocycles. The average molecular weight is 333 g/mol. The van der Waals surface area contributed by atoms with Gasteiger partial charge >= 0.3 is 0 Å². The Morgan fingerprint density at radius 1 is 1.24 bits per heavy atom. The van der Waals surface area contributed by atoms with Crippen molar-refractivity contribution in [2.45, 2.75) is 17.7 Å². The third-order valence-electron chi connectivity index (χ3n) is 3.81. The smallest absolute Gasteiger partial charge is 0.243 e. The summed E-state index contributed by atoms with van der Waals surface area (Å²) in [6.45, 7) is 5.63. The van der Waals surface area contributed by atoms with Crippen LogP contribution in [-0.2, 0) is 15.9 Å². The molecule has 0 bridgehead atoms. The fraction of sp³-hybridized carbons (Fsp3) is 0.571. The number of benzene rings is 1. The van der Waals surface area contributed by atoms with E-state index in [9.17, 15) is 8.42 Å². The molecule has 1 aliphatic heterocycles. The Bertz CT molecular complexity index is 584. The van der Waals surface area contributed by atoms with Crippen molar-refractivity contribution < 1.29 is 13.2 Å². The lowest BCUT2D eigenvalue weighted by Gasteiger charge is -2.33. The molecule has 1 aliphatic rings. The van der Waals surface area contributed by atoms with Crippen LogP contribution in [0.1, 0.15) is 12.5 Å². The molecule has 0 saturated carbocycles. The monoisotopic (exact) mass is 332 g/mol. The maximum atomic E-state index is 12.7. The Kier molecular flexibility index (Phi) is 5.48. The number of alkyl halides is 1. The second-order valence-electron chi connectivity index (χ2n) is 4.95. The molecule has 0 atom stereocenters. The van der Waals surface area contributed by atoms with E-state index in [0.717, 1.165) is 19.6 Å². The van der Waals surface area contributed by atoms with Gasteiger partial charge in [-0.3, -0.25) is 0 Å². The fourth-order valence-corrected chi connectivity index (χ4v) is 4.14. The number of likely N-dealkylation sites (N-methyl/N-ethyl adjacent to an activating group) is 1. The molecule has 21 heavy (non-hydrogen) atoms. The van der Waals surface area contributed by atoms with Crippen molar-refractivity contribution in [2.24, 2.45) is 0 Å². The van der Waals surface area contributed by atoms with Gasteiger partial charge in [-0.05, 0) is 24.7 Å². The molecule has 1 aromatic carbocycles. The zero-order chi connectivity index (χ0) is 15.5. The van der Waals surface area contributed by atoms with Crippen molar-refractivity contribution in [1.82, 2.24) is 9.21 Å². The lowest BCUT2D eigenvalue weighted by molar-refractivity contribution is 0.196. The number of hydrogen-bond donors (Lipinski definition) is 0. The van der Waals surface area contributed by atoms with Crippen LogP contribution in [0.5, 0.6) is 5.75 Å². The van der Waals surface area contributed by atoms with Crippen molar-refractivity contribution >= 4 is 21.6 Å². The second kappa shape index (κ2) is 6.96. The van der Waals surface area contributed by atoms with Crippen LogP contribution in [0, 0.1) is 0 Å². The minimum Gasteiger partial charge on any atom is -0.496 e. The van der Waals surface area contributed by atoms with Gasteiger partial charge in [-0.25, -0.2) is 8.42 Å². The second-order valence-corrected chi connectivity index (χ2v) is 7.15. The number of sulfonamides is 1. The molecule has 0 radical (unpaired) electrons. The minimum absolute atomic E-state index is 0.218. The summed E-state index contributed by atoms with van der Waals surface area (Å²) in [5.41, 5.74) is 0.687. The van der Waals surface area contributed by atoms with Crippen molar-refractivity contribution in [3.05, 3.63) is 23.8 Å². The summed E-state index contributed by atoms with van der Waals surface area (Å²) in [4.78, 5) is 2.52. The predicted octanol–water partition coefficient (Wildman–Crippen LogP) is 1.76. The van der Waals surface area contributed by atoms with E-state index < -0.39 is 10.0 Å². The first-order valence-corrected chi connectivity index (χ1v) is 8.95. The van der Waals surface area contributed by atoms with Crippen molar-refractivity contribution in [1.29, 1.82) is 0 Å². The van der Waals surface area contributed by atoms with Crippen molar-refractivity contribution in [2.75, 3.05) is 39.8 Å². The number of methoxy groups -OCH3 is 1. The van der Waals surface area contributed by atoms with Crippen molar-refractivity contribution in [3.8, 4) is 5.75 Å². The van der Waals surface area contributed by atoms with Gasteiger partial charge in [0.25, 0.3) is 0 Å². The third-order valence-corrected chi connectivity index (χ3v) is 5.99. The molecule has 2 rings (SSSR count). The van der Waals surface area contributed by atoms with Crippen LogP contribution in [-0.4, -0.2) is 57.5 Å². The van der Waals surface area contributed by atoms with E-state index in [-0.39, 0.29) is 10.8 Å². The maximum Gasteiger partial charge on any atom is 0.243 e. The van der Waals surface area contributed by atoms with Gasteiger partial charge in [-0.15, -0.1) is 11.6 Å². The Balaban J connectivity index is 2.24. The fourth-order valence-electron chi connectivity index (χ4n) is 2.46. The summed E-state index contributed by atoms with van der Waals surface area (Å²) in [7, 11) is -1.91. The summed E-state index contributed by atoms with van der Waals surface area (Å²) in [6, 6.07) is 4.84. The highest BCUT2D eigenvalue weighted by molar-refractivity contribution is 7.89. The van der Waals surface area contributed by atoms with Crippen LogP contribution in [0.3, 0.4) is 0 Å². The van der Waals surface area contributed by atoms with Gasteiger partial charge in [-0.2, -0.15) is 4.31 Å². The maximum absolute atomic E-state index is 12.7. The molecule has 7 heteroatoms. The molecular formula is C14H21ClN2O3S. The summed E-state index contributed by atoms with van der Waals surface area (Å²) < 4.78 is 32.1. The Morgan fingerprint density at radius 2 is 1.90 bits per heavy atom. The number of nitrogens with zero attached hydrogens (tertiary/aromatic N) is 2. The van der Waals surface area contributed by atoms with Crippen LogP contribution in [0.4, 0.5) is 0 Å². The highest BCUT2D eigenvalue weighted by Crippen LogP contribution is 2.26. The van der Waals surface area contributed by atoms with Crippen LogP contribution in [0.2, 0.25) is 0 Å². The van der Waals surface area contributed by atoms with Gasteiger partial charge in [0.15, 0.2) is 0 Å². The summed E-state index contributed by atoms with van der Waals surface area (Å²) in [6.07, 6.45) is 0. The summed E-state index contributed by atoms with van der Waals surface area (Å²) >= 11 is 5.86. The Hall–Kier alpha value is -0.820. The third kappa shape index (κ3) is 3.51. The molecule has 0 aromatic heterocycles. The summed E-state index contributed by atoms with van der Waals surface area (Å²) in [5.74, 6) is 0.829. The first-order chi connectivity index (χ1) is 10.0. The number of ether oxygens (including phenoxy) is 1. The first-order valence-electron chi connectivity index (χ1n) is 6.98. The number of rotatable bonds is 5. The van der Waals surface area contributed by atoms with E-state index in [1.165, 1.54) is 0 Å². The predicted molar refractivity (Wildman–Crippen MR) is 83.4 cm³/mol. The largest absolute Gasteiger partial charge is 0.496 e. The van der Waals surface area contributed by atoms with Gasteiger partial charge in [0.1, 0.15) is 5.75 Å². The number of piperazine rings is 1. The molecule has 1 fully saturated rings. The molecule has 0 unspecified atom stereocenters. The van der Waals surface area contributed by atoms with E-state index in [1.54, 1.807) is 29.6 Å². The zero-order valence-corrected chi connectivity index (χ0v) is 14.0. The normalized spacial score (nSPS) is 17.9. The standard InChI is InChI=1S/C14H21ClN2O3S/c1-3-16-6-8-17(9-7-16)21(18,19)13-4-5-14(20-2)12(10-13)11-15/h4-5,10H,3,6-9,11H2,1-2H3. The van der Waals surface area contributed by atoms with Gasteiger partial charge in [-0.1, -0.05) is 6.92 Å². The average Bonchev–Trinajstić information content (AvgIpc) is 2.54. The number of hydrogen-bond acceptors (Lipinski definition) is 4. The van der Waals surface area contributed by atoms with Gasteiger partial charge in [0.2, 0.25) is 10.0 Å². The van der Waals surface area contributed by atoms with E-state index in [0.29, 0.717) is 24.4 Å². The van der Waals surface area contributed by atoms with E-state index in [2.05, 4.69) is 11.8 Å². The van der Waals surface area contributed by atoms with Crippen LogP contribution >= 0.6 is 11.6 Å². The van der Waals surface area contributed by atoms with Crippen LogP contribution in [0.25, 0.3) is 0 Å². The van der Waals surface area contributed by atoms with Crippen LogP contribution < -0.4 is 4.74 Å². The molecular weight excluding hydrogens is 312 g/mol. The zero-order valence-electron chi connectivity index (χ0n) is 12.4. The molecule has 5 nitrogen and oxygen atoms in total. The van der Waals surface area contributed by atoms with E-state index in [4.69, 9.17) is 16.3 Å². The van der Waals surface area contributed by atoms with E-state index >= 15 is 0 Å². The lowest BCUT2D eigenvalue weighted by Crippen LogP contribution is -2.48. The van der Waals surface area contributed by atoms with Gasteiger partial charge in [0.05, 0.1) is 17.9 Å². The quantitative estimate of drug-likeness (QED) is 0.771. The first kappa shape index (κ1) is 16.5. The molecule has 1 saturated heterocycles. The van der Waals surface area contributed by atoms with E-state index in [1.807, 2.05) is 0 Å². The molecule has 0 aliphatic carbocycles. The number of halogens is 1. The molecule has 0 amide bonds. The molecule has 0 spiro atoms. The van der Waals surface area contributed by atoms with Crippen LogP contribution in [0.15, 0.2) is 23.1 Å². The van der Waals surface area contributed by atoms with Gasteiger partial charge in [0, 0.05) is 31.7 Å². The topological polar surface area (TPSA) is 49.9 Å². The van der Waals surface area contributed by atoms with Crippen molar-refractivity contribution in [3.63, 3.8) is 0 Å². The summed E-state index contributed by atoms with van der Waals surface area (Å²) in [5, 5.41) is 0. The van der Waals surface area contributed by atoms with Gasteiger partial charge < -0.3 is 9.64 Å². The molecule has 1 aromatic rings. The molecule has 118 valence electrons. The highest BCUT2D eigenvalue weighted by atomic mass is 35.5.